The Morgan fingerprint density at radius 2 is 2.20 bits per heavy atom. The lowest BCUT2D eigenvalue weighted by atomic mass is 10.3. The van der Waals surface area contributed by atoms with Crippen molar-refractivity contribution in [2.75, 3.05) is 18.5 Å². The van der Waals surface area contributed by atoms with Gasteiger partial charge in [0.15, 0.2) is 0 Å². The zero-order chi connectivity index (χ0) is 11.5. The summed E-state index contributed by atoms with van der Waals surface area (Å²) in [6.45, 7) is -0.0352. The van der Waals surface area contributed by atoms with Crippen LogP contribution in [-0.2, 0) is 0 Å². The lowest BCUT2D eigenvalue weighted by molar-refractivity contribution is -0.0373. The molecule has 1 aromatic heterocycles. The van der Waals surface area contributed by atoms with Crippen molar-refractivity contribution in [3.8, 4) is 0 Å². The molecule has 0 atom stereocenters. The maximum Gasteiger partial charge on any atom is 0.287 e. The van der Waals surface area contributed by atoms with Crippen LogP contribution in [0.2, 0.25) is 0 Å². The number of aryl methyl sites for hydroxylation is 1. The Kier molecular flexibility index (Phi) is 3.98. The molecule has 84 valence electrons. The third-order valence-corrected chi connectivity index (χ3v) is 2.62. The van der Waals surface area contributed by atoms with E-state index >= 15 is 0 Å². The van der Waals surface area contributed by atoms with Crippen LogP contribution in [0.4, 0.5) is 14.6 Å². The fourth-order valence-electron chi connectivity index (χ4n) is 0.918. The molecule has 0 fully saturated rings. The zero-order valence-electron chi connectivity index (χ0n) is 8.10. The molecule has 0 spiro atoms. The van der Waals surface area contributed by atoms with Crippen LogP contribution in [0.15, 0.2) is 16.6 Å². The molecule has 0 aliphatic heterocycles. The molecule has 0 unspecified atom stereocenters. The average Bonchev–Trinajstić information content (AvgIpc) is 2.20. The van der Waals surface area contributed by atoms with Crippen LogP contribution < -0.4 is 5.32 Å². The number of rotatable bonds is 4. The maximum atomic E-state index is 12.7. The highest BCUT2D eigenvalue weighted by Gasteiger charge is 2.27. The quantitative estimate of drug-likeness (QED) is 0.889. The molecule has 1 rings (SSSR count). The number of aliphatic hydroxyl groups is 1. The predicted octanol–water partition coefficient (Wildman–Crippen LogP) is 2.19. The molecule has 6 heteroatoms. The van der Waals surface area contributed by atoms with Gasteiger partial charge in [-0.05, 0) is 35.0 Å². The summed E-state index contributed by atoms with van der Waals surface area (Å²) < 4.78 is 26.2. The second-order valence-corrected chi connectivity index (χ2v) is 3.99. The Balaban J connectivity index is 2.62. The average molecular weight is 281 g/mol. The van der Waals surface area contributed by atoms with Crippen molar-refractivity contribution in [1.82, 2.24) is 4.98 Å². The van der Waals surface area contributed by atoms with Crippen molar-refractivity contribution in [2.24, 2.45) is 0 Å². The molecule has 0 saturated heterocycles. The molecule has 0 aliphatic rings. The molecule has 2 N–H and O–H groups in total. The Hall–Kier alpha value is -0.750. The van der Waals surface area contributed by atoms with Gasteiger partial charge in [0.25, 0.3) is 5.92 Å². The first-order chi connectivity index (χ1) is 6.94. The first kappa shape index (κ1) is 12.3. The van der Waals surface area contributed by atoms with Crippen molar-refractivity contribution in [3.63, 3.8) is 0 Å². The number of nitrogens with zero attached hydrogens (tertiary/aromatic N) is 1. The Bertz CT molecular complexity index is 347. The van der Waals surface area contributed by atoms with E-state index in [1.54, 1.807) is 19.1 Å². The minimum absolute atomic E-state index is 0.365. The summed E-state index contributed by atoms with van der Waals surface area (Å²) in [5.74, 6) is -2.76. The van der Waals surface area contributed by atoms with Crippen molar-refractivity contribution in [2.45, 2.75) is 12.8 Å². The molecule has 0 radical (unpaired) electrons. The van der Waals surface area contributed by atoms with Gasteiger partial charge in [0, 0.05) is 4.47 Å². The number of hydrogen-bond acceptors (Lipinski definition) is 3. The number of nitrogens with one attached hydrogen (secondary N) is 1. The molecular formula is C9H11BrF2N2O. The van der Waals surface area contributed by atoms with Gasteiger partial charge >= 0.3 is 0 Å². The Labute approximate surface area is 94.7 Å². The molecular weight excluding hydrogens is 270 g/mol. The van der Waals surface area contributed by atoms with E-state index in [2.05, 4.69) is 26.2 Å². The van der Waals surface area contributed by atoms with E-state index in [0.29, 0.717) is 11.5 Å². The molecule has 1 aromatic rings. The number of alkyl halides is 2. The smallest absolute Gasteiger partial charge is 0.287 e. The summed E-state index contributed by atoms with van der Waals surface area (Å²) in [6.07, 6.45) is 0. The van der Waals surface area contributed by atoms with Gasteiger partial charge in [0.05, 0.1) is 12.2 Å². The number of pyridine rings is 1. The molecule has 0 saturated carbocycles. The number of halogens is 3. The summed E-state index contributed by atoms with van der Waals surface area (Å²) in [5, 5.41) is 10.8. The van der Waals surface area contributed by atoms with E-state index in [0.717, 1.165) is 4.47 Å². The molecule has 15 heavy (non-hydrogen) atoms. The van der Waals surface area contributed by atoms with Crippen molar-refractivity contribution in [3.05, 3.63) is 22.3 Å². The molecule has 3 nitrogen and oxygen atoms in total. The molecule has 0 aromatic carbocycles. The highest BCUT2D eigenvalue weighted by atomic mass is 79.9. The summed E-state index contributed by atoms with van der Waals surface area (Å²) >= 11 is 3.26. The first-order valence-corrected chi connectivity index (χ1v) is 5.09. The minimum atomic E-state index is -3.12. The first-order valence-electron chi connectivity index (χ1n) is 4.30. The van der Waals surface area contributed by atoms with E-state index in [-0.39, 0.29) is 0 Å². The van der Waals surface area contributed by atoms with Crippen LogP contribution in [0.1, 0.15) is 5.69 Å². The number of anilines is 1. The number of hydrogen-bond donors (Lipinski definition) is 2. The standard InChI is InChI=1S/C9H11BrF2N2O/c1-6-7(10)2-3-8(14-6)13-4-9(11,12)5-15/h2-3,15H,4-5H2,1H3,(H,13,14). The van der Waals surface area contributed by atoms with Gasteiger partial charge in [-0.2, -0.15) is 0 Å². The summed E-state index contributed by atoms with van der Waals surface area (Å²) in [5.41, 5.74) is 0.715. The Morgan fingerprint density at radius 3 is 2.73 bits per heavy atom. The zero-order valence-corrected chi connectivity index (χ0v) is 9.68. The Morgan fingerprint density at radius 1 is 1.53 bits per heavy atom. The summed E-state index contributed by atoms with van der Waals surface area (Å²) in [4.78, 5) is 4.04. The third kappa shape index (κ3) is 3.71. The highest BCUT2D eigenvalue weighted by molar-refractivity contribution is 9.10. The van der Waals surface area contributed by atoms with Gasteiger partial charge in [-0.3, -0.25) is 0 Å². The van der Waals surface area contributed by atoms with E-state index < -0.39 is 19.1 Å². The summed E-state index contributed by atoms with van der Waals surface area (Å²) in [6, 6.07) is 3.31. The lowest BCUT2D eigenvalue weighted by Crippen LogP contribution is -2.31. The van der Waals surface area contributed by atoms with Crippen LogP contribution in [-0.4, -0.2) is 29.2 Å². The van der Waals surface area contributed by atoms with Gasteiger partial charge in [0.2, 0.25) is 0 Å². The SMILES string of the molecule is Cc1nc(NCC(F)(F)CO)ccc1Br. The molecule has 0 amide bonds. The topological polar surface area (TPSA) is 45.2 Å². The fraction of sp³-hybridized carbons (Fsp3) is 0.444. The van der Waals surface area contributed by atoms with Crippen molar-refractivity contribution in [1.29, 1.82) is 0 Å². The van der Waals surface area contributed by atoms with Gasteiger partial charge in [-0.1, -0.05) is 0 Å². The van der Waals surface area contributed by atoms with E-state index in [4.69, 9.17) is 5.11 Å². The van der Waals surface area contributed by atoms with Crippen LogP contribution in [0, 0.1) is 6.92 Å². The third-order valence-electron chi connectivity index (χ3n) is 1.78. The van der Waals surface area contributed by atoms with Crippen LogP contribution in [0.25, 0.3) is 0 Å². The highest BCUT2D eigenvalue weighted by Crippen LogP contribution is 2.18. The van der Waals surface area contributed by atoms with Gasteiger partial charge in [-0.15, -0.1) is 0 Å². The monoisotopic (exact) mass is 280 g/mol. The molecule has 1 heterocycles. The lowest BCUT2D eigenvalue weighted by Gasteiger charge is -2.14. The second-order valence-electron chi connectivity index (χ2n) is 3.13. The van der Waals surface area contributed by atoms with E-state index in [1.807, 2.05) is 0 Å². The number of aliphatic hydroxyl groups excluding tert-OH is 1. The van der Waals surface area contributed by atoms with E-state index in [9.17, 15) is 8.78 Å². The molecule has 0 aliphatic carbocycles. The number of aromatic nitrogens is 1. The van der Waals surface area contributed by atoms with Crippen LogP contribution in [0.5, 0.6) is 0 Å². The predicted molar refractivity (Wildman–Crippen MR) is 57.2 cm³/mol. The van der Waals surface area contributed by atoms with Gasteiger partial charge < -0.3 is 10.4 Å². The minimum Gasteiger partial charge on any atom is -0.390 e. The van der Waals surface area contributed by atoms with Crippen molar-refractivity contribution >= 4 is 21.7 Å². The van der Waals surface area contributed by atoms with E-state index in [1.165, 1.54) is 0 Å². The maximum absolute atomic E-state index is 12.7. The molecule has 0 bridgehead atoms. The summed E-state index contributed by atoms with van der Waals surface area (Å²) in [7, 11) is 0. The largest absolute Gasteiger partial charge is 0.390 e. The van der Waals surface area contributed by atoms with Gasteiger partial charge in [0.1, 0.15) is 12.4 Å². The van der Waals surface area contributed by atoms with Crippen LogP contribution in [0.3, 0.4) is 0 Å². The second kappa shape index (κ2) is 4.85. The fourth-order valence-corrected chi connectivity index (χ4v) is 1.14. The van der Waals surface area contributed by atoms with Crippen LogP contribution >= 0.6 is 15.9 Å². The van der Waals surface area contributed by atoms with Gasteiger partial charge in [-0.25, -0.2) is 13.8 Å². The normalized spacial score (nSPS) is 11.5. The van der Waals surface area contributed by atoms with Crippen molar-refractivity contribution < 1.29 is 13.9 Å².